The molecule has 1 rings (SSSR count). The van der Waals surface area contributed by atoms with E-state index in [1.807, 2.05) is 0 Å². The van der Waals surface area contributed by atoms with Crippen molar-refractivity contribution in [3.8, 4) is 0 Å². The first-order chi connectivity index (χ1) is 7.53. The van der Waals surface area contributed by atoms with Gasteiger partial charge < -0.3 is 5.32 Å². The highest BCUT2D eigenvalue weighted by molar-refractivity contribution is 4.80. The molecule has 0 saturated heterocycles. The molecule has 0 aromatic rings. The van der Waals surface area contributed by atoms with Crippen molar-refractivity contribution < 1.29 is 13.2 Å². The normalized spacial score (nSPS) is 27.0. The standard InChI is InChI=1S/C12H22F3N/c1-2-10-6-3-4-7-11(10)16-9-5-8-12(13,14)15/h10-11,16H,2-9H2,1H3. The molecule has 0 aromatic heterocycles. The van der Waals surface area contributed by atoms with Crippen molar-refractivity contribution in [2.24, 2.45) is 5.92 Å². The van der Waals surface area contributed by atoms with Crippen molar-refractivity contribution >= 4 is 0 Å². The van der Waals surface area contributed by atoms with Crippen LogP contribution in [0.1, 0.15) is 51.9 Å². The van der Waals surface area contributed by atoms with Gasteiger partial charge in [0.1, 0.15) is 0 Å². The van der Waals surface area contributed by atoms with E-state index in [2.05, 4.69) is 12.2 Å². The maximum Gasteiger partial charge on any atom is 0.389 e. The average molecular weight is 237 g/mol. The second-order valence-electron chi connectivity index (χ2n) is 4.73. The van der Waals surface area contributed by atoms with Crippen LogP contribution in [0.4, 0.5) is 13.2 Å². The topological polar surface area (TPSA) is 12.0 Å². The van der Waals surface area contributed by atoms with E-state index < -0.39 is 12.6 Å². The number of hydrogen-bond donors (Lipinski definition) is 1. The van der Waals surface area contributed by atoms with E-state index in [0.29, 0.717) is 18.5 Å². The van der Waals surface area contributed by atoms with Crippen molar-refractivity contribution in [1.82, 2.24) is 5.32 Å². The van der Waals surface area contributed by atoms with E-state index in [0.717, 1.165) is 12.8 Å². The summed E-state index contributed by atoms with van der Waals surface area (Å²) in [6.45, 7) is 2.67. The highest BCUT2D eigenvalue weighted by Gasteiger charge is 2.27. The fraction of sp³-hybridized carbons (Fsp3) is 1.00. The fourth-order valence-corrected chi connectivity index (χ4v) is 2.54. The predicted octanol–water partition coefficient (Wildman–Crippen LogP) is 3.89. The van der Waals surface area contributed by atoms with Gasteiger partial charge in [-0.05, 0) is 31.7 Å². The summed E-state index contributed by atoms with van der Waals surface area (Å²) in [5, 5.41) is 3.30. The van der Waals surface area contributed by atoms with Crippen LogP contribution >= 0.6 is 0 Å². The third-order valence-corrected chi connectivity index (χ3v) is 3.48. The molecule has 0 spiro atoms. The van der Waals surface area contributed by atoms with Crippen LogP contribution in [0, 0.1) is 5.92 Å². The zero-order chi connectivity index (χ0) is 12.0. The lowest BCUT2D eigenvalue weighted by Gasteiger charge is -2.31. The molecule has 1 aliphatic carbocycles. The predicted molar refractivity (Wildman–Crippen MR) is 59.3 cm³/mol. The first kappa shape index (κ1) is 13.8. The number of alkyl halides is 3. The molecule has 0 aliphatic heterocycles. The minimum absolute atomic E-state index is 0.205. The van der Waals surface area contributed by atoms with Crippen molar-refractivity contribution in [2.75, 3.05) is 6.54 Å². The van der Waals surface area contributed by atoms with Crippen molar-refractivity contribution in [3.63, 3.8) is 0 Å². The number of nitrogens with one attached hydrogen (secondary N) is 1. The smallest absolute Gasteiger partial charge is 0.314 e. The van der Waals surface area contributed by atoms with Gasteiger partial charge >= 0.3 is 6.18 Å². The van der Waals surface area contributed by atoms with Crippen LogP contribution in [0.15, 0.2) is 0 Å². The molecule has 0 radical (unpaired) electrons. The Morgan fingerprint density at radius 3 is 2.50 bits per heavy atom. The Labute approximate surface area is 95.8 Å². The zero-order valence-corrected chi connectivity index (χ0v) is 9.95. The summed E-state index contributed by atoms with van der Waals surface area (Å²) >= 11 is 0. The largest absolute Gasteiger partial charge is 0.389 e. The lowest BCUT2D eigenvalue weighted by Crippen LogP contribution is -2.39. The van der Waals surface area contributed by atoms with Crippen LogP contribution in [-0.2, 0) is 0 Å². The van der Waals surface area contributed by atoms with E-state index in [1.165, 1.54) is 19.3 Å². The summed E-state index contributed by atoms with van der Waals surface area (Å²) in [7, 11) is 0. The molecule has 1 N–H and O–H groups in total. The summed E-state index contributed by atoms with van der Waals surface area (Å²) < 4.78 is 35.8. The van der Waals surface area contributed by atoms with E-state index in [9.17, 15) is 13.2 Å². The van der Waals surface area contributed by atoms with E-state index in [-0.39, 0.29) is 6.42 Å². The number of halogens is 3. The second-order valence-corrected chi connectivity index (χ2v) is 4.73. The molecule has 1 aliphatic rings. The van der Waals surface area contributed by atoms with Crippen molar-refractivity contribution in [1.29, 1.82) is 0 Å². The lowest BCUT2D eigenvalue weighted by atomic mass is 9.83. The van der Waals surface area contributed by atoms with Crippen LogP contribution in [0.3, 0.4) is 0 Å². The molecular formula is C12H22F3N. The van der Waals surface area contributed by atoms with Crippen molar-refractivity contribution in [3.05, 3.63) is 0 Å². The molecule has 2 atom stereocenters. The van der Waals surface area contributed by atoms with Gasteiger partial charge in [-0.1, -0.05) is 26.2 Å². The van der Waals surface area contributed by atoms with Gasteiger partial charge in [-0.2, -0.15) is 13.2 Å². The Bertz CT molecular complexity index is 191. The van der Waals surface area contributed by atoms with Gasteiger partial charge in [-0.3, -0.25) is 0 Å². The Morgan fingerprint density at radius 2 is 1.88 bits per heavy atom. The van der Waals surface area contributed by atoms with Gasteiger partial charge in [0.25, 0.3) is 0 Å². The second kappa shape index (κ2) is 6.48. The van der Waals surface area contributed by atoms with Gasteiger partial charge in [0.05, 0.1) is 0 Å². The maximum atomic E-state index is 11.9. The summed E-state index contributed by atoms with van der Waals surface area (Å²) in [6.07, 6.45) is 1.53. The Morgan fingerprint density at radius 1 is 1.19 bits per heavy atom. The Kier molecular flexibility index (Phi) is 5.59. The third-order valence-electron chi connectivity index (χ3n) is 3.48. The molecule has 1 nitrogen and oxygen atoms in total. The number of rotatable bonds is 5. The molecule has 0 amide bonds. The van der Waals surface area contributed by atoms with Crippen LogP contribution < -0.4 is 5.32 Å². The van der Waals surface area contributed by atoms with Crippen LogP contribution in [0.25, 0.3) is 0 Å². The van der Waals surface area contributed by atoms with E-state index in [4.69, 9.17) is 0 Å². The van der Waals surface area contributed by atoms with Crippen LogP contribution in [0.2, 0.25) is 0 Å². The number of hydrogen-bond acceptors (Lipinski definition) is 1. The molecule has 0 aromatic carbocycles. The summed E-state index contributed by atoms with van der Waals surface area (Å²) in [5.41, 5.74) is 0. The van der Waals surface area contributed by atoms with Crippen LogP contribution in [-0.4, -0.2) is 18.8 Å². The average Bonchev–Trinajstić information content (AvgIpc) is 2.23. The zero-order valence-electron chi connectivity index (χ0n) is 9.95. The molecule has 0 bridgehead atoms. The summed E-state index contributed by atoms with van der Waals surface area (Å²) in [5.74, 6) is 0.666. The van der Waals surface area contributed by atoms with Crippen molar-refractivity contribution in [2.45, 2.75) is 64.1 Å². The highest BCUT2D eigenvalue weighted by atomic mass is 19.4. The molecule has 1 fully saturated rings. The quantitative estimate of drug-likeness (QED) is 0.715. The highest BCUT2D eigenvalue weighted by Crippen LogP contribution is 2.27. The maximum absolute atomic E-state index is 11.9. The minimum atomic E-state index is -4.00. The van der Waals surface area contributed by atoms with Gasteiger partial charge in [-0.15, -0.1) is 0 Å². The Hall–Kier alpha value is -0.250. The third kappa shape index (κ3) is 5.19. The van der Waals surface area contributed by atoms with Gasteiger partial charge in [-0.25, -0.2) is 0 Å². The molecule has 0 heterocycles. The SMILES string of the molecule is CCC1CCCCC1NCCCC(F)(F)F. The summed E-state index contributed by atoms with van der Waals surface area (Å²) in [6, 6.07) is 0.451. The monoisotopic (exact) mass is 237 g/mol. The molecule has 1 saturated carbocycles. The summed E-state index contributed by atoms with van der Waals surface area (Å²) in [4.78, 5) is 0. The molecule has 2 unspecified atom stereocenters. The van der Waals surface area contributed by atoms with E-state index in [1.54, 1.807) is 0 Å². The molecule has 96 valence electrons. The molecule has 16 heavy (non-hydrogen) atoms. The first-order valence-electron chi connectivity index (χ1n) is 6.33. The molecular weight excluding hydrogens is 215 g/mol. The minimum Gasteiger partial charge on any atom is -0.314 e. The molecule has 4 heteroatoms. The van der Waals surface area contributed by atoms with Gasteiger partial charge in [0.15, 0.2) is 0 Å². The first-order valence-corrected chi connectivity index (χ1v) is 6.33. The lowest BCUT2D eigenvalue weighted by molar-refractivity contribution is -0.135. The Balaban J connectivity index is 2.15. The van der Waals surface area contributed by atoms with Gasteiger partial charge in [0, 0.05) is 12.5 Å². The van der Waals surface area contributed by atoms with Crippen LogP contribution in [0.5, 0.6) is 0 Å². The van der Waals surface area contributed by atoms with Gasteiger partial charge in [0.2, 0.25) is 0 Å². The fourth-order valence-electron chi connectivity index (χ4n) is 2.54. The van der Waals surface area contributed by atoms with E-state index >= 15 is 0 Å².